The Bertz CT molecular complexity index is 1060. The van der Waals surface area contributed by atoms with Crippen LogP contribution in [-0.2, 0) is 0 Å². The van der Waals surface area contributed by atoms with Crippen LogP contribution >= 0.6 is 0 Å². The number of rotatable bonds is 6. The lowest BCUT2D eigenvalue weighted by Gasteiger charge is -2.29. The van der Waals surface area contributed by atoms with Crippen molar-refractivity contribution in [2.45, 2.75) is 37.8 Å². The summed E-state index contributed by atoms with van der Waals surface area (Å²) in [5.41, 5.74) is 2.07. The lowest BCUT2D eigenvalue weighted by molar-refractivity contribution is -0.384. The van der Waals surface area contributed by atoms with E-state index in [1.807, 2.05) is 6.07 Å². The minimum atomic E-state index is -0.986. The van der Waals surface area contributed by atoms with E-state index in [1.54, 1.807) is 29.0 Å². The van der Waals surface area contributed by atoms with Crippen LogP contribution in [0.25, 0.3) is 5.65 Å². The predicted molar refractivity (Wildman–Crippen MR) is 110 cm³/mol. The second-order valence-corrected chi connectivity index (χ2v) is 7.21. The first-order valence-corrected chi connectivity index (χ1v) is 9.60. The van der Waals surface area contributed by atoms with Crippen LogP contribution in [0.5, 0.6) is 0 Å². The number of imidazole rings is 1. The van der Waals surface area contributed by atoms with Gasteiger partial charge in [0, 0.05) is 48.4 Å². The van der Waals surface area contributed by atoms with Crippen LogP contribution in [0, 0.1) is 10.1 Å². The minimum Gasteiger partial charge on any atom is -0.465 e. The summed E-state index contributed by atoms with van der Waals surface area (Å²) in [6, 6.07) is 8.19. The van der Waals surface area contributed by atoms with Crippen LogP contribution < -0.4 is 16.0 Å². The Kier molecular flexibility index (Phi) is 5.33. The Morgan fingerprint density at radius 1 is 1.17 bits per heavy atom. The van der Waals surface area contributed by atoms with Gasteiger partial charge in [0.25, 0.3) is 5.69 Å². The van der Waals surface area contributed by atoms with Crippen LogP contribution in [0.3, 0.4) is 0 Å². The molecule has 1 aliphatic carbocycles. The van der Waals surface area contributed by atoms with Gasteiger partial charge in [0.1, 0.15) is 5.82 Å². The number of hydrogen-bond donors (Lipinski definition) is 4. The molecule has 0 unspecified atom stereocenters. The maximum atomic E-state index is 10.8. The summed E-state index contributed by atoms with van der Waals surface area (Å²) in [4.78, 5) is 25.5. The molecule has 1 aromatic carbocycles. The highest BCUT2D eigenvalue weighted by Gasteiger charge is 2.23. The van der Waals surface area contributed by atoms with E-state index in [1.165, 1.54) is 12.1 Å². The largest absolute Gasteiger partial charge is 0.465 e. The fourth-order valence-corrected chi connectivity index (χ4v) is 3.67. The van der Waals surface area contributed by atoms with Crippen molar-refractivity contribution in [3.63, 3.8) is 0 Å². The second-order valence-electron chi connectivity index (χ2n) is 7.21. The van der Waals surface area contributed by atoms with E-state index in [-0.39, 0.29) is 17.8 Å². The van der Waals surface area contributed by atoms with E-state index < -0.39 is 11.0 Å². The molecule has 1 aliphatic rings. The van der Waals surface area contributed by atoms with Crippen LogP contribution in [0.1, 0.15) is 25.7 Å². The average Bonchev–Trinajstić information content (AvgIpc) is 3.18. The molecule has 0 atom stereocenters. The summed E-state index contributed by atoms with van der Waals surface area (Å²) in [6.45, 7) is 0. The summed E-state index contributed by atoms with van der Waals surface area (Å²) < 4.78 is 1.66. The second kappa shape index (κ2) is 8.23. The number of nitrogens with one attached hydrogen (secondary N) is 3. The summed E-state index contributed by atoms with van der Waals surface area (Å²) in [5.74, 6) is 0.666. The highest BCUT2D eigenvalue weighted by molar-refractivity contribution is 5.76. The number of nitro groups is 1. The third-order valence-corrected chi connectivity index (χ3v) is 5.12. The molecule has 0 spiro atoms. The molecule has 4 N–H and O–H groups in total. The summed E-state index contributed by atoms with van der Waals surface area (Å²) in [5, 5.41) is 33.4. The van der Waals surface area contributed by atoms with Crippen molar-refractivity contribution >= 4 is 34.6 Å². The highest BCUT2D eigenvalue weighted by atomic mass is 16.6. The number of aromatic nitrogens is 3. The number of nitro benzene ring substituents is 1. The van der Waals surface area contributed by atoms with Gasteiger partial charge in [-0.2, -0.15) is 0 Å². The fourth-order valence-electron chi connectivity index (χ4n) is 3.67. The van der Waals surface area contributed by atoms with E-state index in [0.717, 1.165) is 25.7 Å². The zero-order valence-electron chi connectivity index (χ0n) is 16.0. The predicted octanol–water partition coefficient (Wildman–Crippen LogP) is 3.37. The lowest BCUT2D eigenvalue weighted by Crippen LogP contribution is -2.39. The molecule has 1 saturated carbocycles. The van der Waals surface area contributed by atoms with Crippen molar-refractivity contribution in [1.29, 1.82) is 0 Å². The number of carboxylic acid groups (broad SMARTS) is 1. The summed E-state index contributed by atoms with van der Waals surface area (Å²) in [6.07, 6.45) is 5.61. The number of non-ortho nitro benzene ring substituents is 1. The van der Waals surface area contributed by atoms with E-state index in [2.05, 4.69) is 26.0 Å². The maximum Gasteiger partial charge on any atom is 0.404 e. The van der Waals surface area contributed by atoms with Crippen LogP contribution in [0.4, 0.5) is 27.7 Å². The Morgan fingerprint density at radius 2 is 1.87 bits per heavy atom. The van der Waals surface area contributed by atoms with Crippen molar-refractivity contribution in [3.8, 4) is 0 Å². The molecule has 0 aliphatic heterocycles. The Hall–Kier alpha value is -3.89. The van der Waals surface area contributed by atoms with Gasteiger partial charge in [0.05, 0.1) is 10.6 Å². The van der Waals surface area contributed by atoms with Gasteiger partial charge < -0.3 is 21.1 Å². The lowest BCUT2D eigenvalue weighted by atomic mass is 9.91. The molecular weight excluding hydrogens is 390 g/mol. The van der Waals surface area contributed by atoms with E-state index >= 15 is 0 Å². The molecule has 2 aromatic heterocycles. The van der Waals surface area contributed by atoms with Gasteiger partial charge in [0.15, 0.2) is 5.65 Å². The number of amides is 1. The molecule has 2 heterocycles. The topological polar surface area (TPSA) is 147 Å². The molecule has 3 aromatic rings. The van der Waals surface area contributed by atoms with E-state index in [4.69, 9.17) is 5.11 Å². The first-order chi connectivity index (χ1) is 14.5. The first kappa shape index (κ1) is 19.4. The van der Waals surface area contributed by atoms with Crippen LogP contribution in [0.2, 0.25) is 0 Å². The van der Waals surface area contributed by atoms with Gasteiger partial charge in [-0.15, -0.1) is 5.10 Å². The Labute approximate surface area is 171 Å². The molecule has 0 saturated heterocycles. The summed E-state index contributed by atoms with van der Waals surface area (Å²) >= 11 is 0. The van der Waals surface area contributed by atoms with Gasteiger partial charge in [-0.1, -0.05) is 0 Å². The van der Waals surface area contributed by atoms with Crippen LogP contribution in [0.15, 0.2) is 42.7 Å². The SMILES string of the molecule is O=C(O)N[C@H]1CC[C@H](Nc2cc(Nc3ccc([N+](=O)[O-])cc3)c3nccn3n2)CC1. The number of carbonyl (C=O) groups is 1. The Morgan fingerprint density at radius 3 is 2.53 bits per heavy atom. The van der Waals surface area contributed by atoms with Gasteiger partial charge in [-0.25, -0.2) is 14.3 Å². The number of benzene rings is 1. The molecule has 0 radical (unpaired) electrons. The van der Waals surface area contributed by atoms with Gasteiger partial charge in [-0.3, -0.25) is 10.1 Å². The molecule has 0 bridgehead atoms. The molecule has 11 nitrogen and oxygen atoms in total. The normalized spacial score (nSPS) is 18.7. The maximum absolute atomic E-state index is 10.8. The number of fused-ring (bicyclic) bond motifs is 1. The first-order valence-electron chi connectivity index (χ1n) is 9.60. The summed E-state index contributed by atoms with van der Waals surface area (Å²) in [7, 11) is 0. The highest BCUT2D eigenvalue weighted by Crippen LogP contribution is 2.27. The third-order valence-electron chi connectivity index (χ3n) is 5.12. The third kappa shape index (κ3) is 4.40. The number of nitrogens with zero attached hydrogens (tertiary/aromatic N) is 4. The zero-order valence-corrected chi connectivity index (χ0v) is 16.0. The molecular formula is C19H21N7O4. The van der Waals surface area contributed by atoms with E-state index in [0.29, 0.717) is 22.8 Å². The van der Waals surface area contributed by atoms with Crippen molar-refractivity contribution in [2.24, 2.45) is 0 Å². The molecule has 30 heavy (non-hydrogen) atoms. The molecule has 1 amide bonds. The molecule has 156 valence electrons. The number of anilines is 3. The zero-order chi connectivity index (χ0) is 21.1. The smallest absolute Gasteiger partial charge is 0.404 e. The molecule has 1 fully saturated rings. The number of hydrogen-bond acceptors (Lipinski definition) is 7. The van der Waals surface area contributed by atoms with Crippen molar-refractivity contribution in [1.82, 2.24) is 19.9 Å². The standard InChI is InChI=1S/C19H21N7O4/c27-19(28)23-14-3-1-13(2-4-14)22-17-11-16(18-20-9-10-25(18)24-17)21-12-5-7-15(8-6-12)26(29)30/h5-11,13-14,21,23H,1-4H2,(H,22,24)(H,27,28)/t13-,14-. The molecule has 4 rings (SSSR count). The van der Waals surface area contributed by atoms with Crippen molar-refractivity contribution < 1.29 is 14.8 Å². The minimum absolute atomic E-state index is 0.0102. The molecule has 11 heteroatoms. The van der Waals surface area contributed by atoms with E-state index in [9.17, 15) is 14.9 Å². The van der Waals surface area contributed by atoms with Gasteiger partial charge in [-0.05, 0) is 37.8 Å². The van der Waals surface area contributed by atoms with Gasteiger partial charge >= 0.3 is 6.09 Å². The fraction of sp³-hybridized carbons (Fsp3) is 0.316. The van der Waals surface area contributed by atoms with Gasteiger partial charge in [0.2, 0.25) is 0 Å². The van der Waals surface area contributed by atoms with Crippen molar-refractivity contribution in [2.75, 3.05) is 10.6 Å². The monoisotopic (exact) mass is 411 g/mol. The average molecular weight is 411 g/mol. The Balaban J connectivity index is 1.49. The van der Waals surface area contributed by atoms with Crippen LogP contribution in [-0.4, -0.2) is 42.8 Å². The quantitative estimate of drug-likeness (QED) is 0.357. The van der Waals surface area contributed by atoms with Crippen molar-refractivity contribution in [3.05, 3.63) is 52.8 Å².